The SMILES string of the molecule is Cc1[nH]c2c(-c3cc(C(F)F)ccc3OCC3CC3)ncnc2c1C(=O)N[C@@H]1C[C@@H](NC(=O)CO)C[C@H]1F. The standard InChI is InChI=1S/C26H28F3N5O4/c1-12-21(26(37)34-18-8-15(7-17(18)27)33-20(36)9-35)23-24(32-12)22(30-11-31-23)16-6-14(25(28)29)4-5-19(16)38-10-13-2-3-13/h4-6,11,13,15,17-18,25,32,35H,2-3,7-10H2,1H3,(H,33,36)(H,34,37)/t15-,17+,18+/m0/s1. The first-order chi connectivity index (χ1) is 18.2. The highest BCUT2D eigenvalue weighted by atomic mass is 19.3. The first-order valence-corrected chi connectivity index (χ1v) is 12.5. The number of aromatic nitrogens is 3. The Labute approximate surface area is 216 Å². The number of benzene rings is 1. The number of alkyl halides is 3. The Hall–Kier alpha value is -3.67. The second-order valence-corrected chi connectivity index (χ2v) is 9.87. The highest BCUT2D eigenvalue weighted by Gasteiger charge is 2.37. The van der Waals surface area contributed by atoms with Gasteiger partial charge in [-0.05, 0) is 50.3 Å². The lowest BCUT2D eigenvalue weighted by molar-refractivity contribution is -0.124. The van der Waals surface area contributed by atoms with Crippen molar-refractivity contribution in [1.29, 1.82) is 0 Å². The van der Waals surface area contributed by atoms with E-state index in [4.69, 9.17) is 9.84 Å². The molecule has 5 rings (SSSR count). The zero-order valence-electron chi connectivity index (χ0n) is 20.6. The number of aliphatic hydroxyl groups is 1. The molecule has 4 N–H and O–H groups in total. The fourth-order valence-corrected chi connectivity index (χ4v) is 4.86. The molecular weight excluding hydrogens is 503 g/mol. The summed E-state index contributed by atoms with van der Waals surface area (Å²) in [6, 6.07) is 2.80. The Kier molecular flexibility index (Phi) is 7.24. The Bertz CT molecular complexity index is 1360. The van der Waals surface area contributed by atoms with Crippen LogP contribution < -0.4 is 15.4 Å². The van der Waals surface area contributed by atoms with Crippen LogP contribution in [0.5, 0.6) is 5.75 Å². The second kappa shape index (κ2) is 10.6. The van der Waals surface area contributed by atoms with E-state index in [1.54, 1.807) is 6.92 Å². The molecule has 12 heteroatoms. The number of fused-ring (bicyclic) bond motifs is 1. The molecule has 0 unspecified atom stereocenters. The molecule has 0 radical (unpaired) electrons. The van der Waals surface area contributed by atoms with Crippen LogP contribution in [0.3, 0.4) is 0 Å². The highest BCUT2D eigenvalue weighted by Crippen LogP contribution is 2.38. The quantitative estimate of drug-likeness (QED) is 0.335. The van der Waals surface area contributed by atoms with Crippen LogP contribution in [-0.4, -0.2) is 63.3 Å². The van der Waals surface area contributed by atoms with Gasteiger partial charge < -0.3 is 25.5 Å². The second-order valence-electron chi connectivity index (χ2n) is 9.87. The normalized spacial score (nSPS) is 21.2. The van der Waals surface area contributed by atoms with Crippen molar-refractivity contribution in [3.05, 3.63) is 41.3 Å². The number of carbonyl (C=O) groups is 2. The number of amides is 2. The number of carbonyl (C=O) groups excluding carboxylic acids is 2. The molecule has 38 heavy (non-hydrogen) atoms. The molecular formula is C26H28F3N5O4. The van der Waals surface area contributed by atoms with Gasteiger partial charge in [0.1, 0.15) is 36.1 Å². The van der Waals surface area contributed by atoms with Crippen molar-refractivity contribution in [2.24, 2.45) is 5.92 Å². The molecule has 3 aromatic rings. The van der Waals surface area contributed by atoms with E-state index in [1.165, 1.54) is 24.5 Å². The van der Waals surface area contributed by atoms with E-state index in [9.17, 15) is 22.8 Å². The number of rotatable bonds is 9. The number of H-pyrrole nitrogens is 1. The van der Waals surface area contributed by atoms with Crippen LogP contribution in [0.15, 0.2) is 24.5 Å². The molecule has 2 aliphatic carbocycles. The zero-order chi connectivity index (χ0) is 27.0. The van der Waals surface area contributed by atoms with Crippen molar-refractivity contribution >= 4 is 22.8 Å². The van der Waals surface area contributed by atoms with Crippen LogP contribution in [0.25, 0.3) is 22.3 Å². The molecule has 2 saturated carbocycles. The molecule has 0 saturated heterocycles. The largest absolute Gasteiger partial charge is 0.493 e. The molecule has 202 valence electrons. The van der Waals surface area contributed by atoms with Gasteiger partial charge in [0.05, 0.1) is 23.7 Å². The van der Waals surface area contributed by atoms with Gasteiger partial charge in [0.25, 0.3) is 12.3 Å². The molecule has 0 bridgehead atoms. The maximum atomic E-state index is 14.6. The minimum atomic E-state index is -2.69. The van der Waals surface area contributed by atoms with Gasteiger partial charge in [0.2, 0.25) is 5.91 Å². The Balaban J connectivity index is 1.45. The van der Waals surface area contributed by atoms with Gasteiger partial charge in [-0.2, -0.15) is 0 Å². The van der Waals surface area contributed by atoms with Crippen molar-refractivity contribution in [1.82, 2.24) is 25.6 Å². The zero-order valence-corrected chi connectivity index (χ0v) is 20.6. The average Bonchev–Trinajstić information content (AvgIpc) is 3.57. The molecule has 3 atom stereocenters. The lowest BCUT2D eigenvalue weighted by Gasteiger charge is -2.15. The monoisotopic (exact) mass is 531 g/mol. The van der Waals surface area contributed by atoms with Gasteiger partial charge in [-0.25, -0.2) is 23.1 Å². The van der Waals surface area contributed by atoms with Gasteiger partial charge in [-0.1, -0.05) is 0 Å². The van der Waals surface area contributed by atoms with Gasteiger partial charge in [-0.3, -0.25) is 9.59 Å². The summed E-state index contributed by atoms with van der Waals surface area (Å²) in [6.45, 7) is 1.43. The van der Waals surface area contributed by atoms with Gasteiger partial charge in [0.15, 0.2) is 0 Å². The average molecular weight is 532 g/mol. The molecule has 9 nitrogen and oxygen atoms in total. The van der Waals surface area contributed by atoms with Gasteiger partial charge in [0, 0.05) is 29.3 Å². The Morgan fingerprint density at radius 1 is 1.21 bits per heavy atom. The number of ether oxygens (including phenoxy) is 1. The van der Waals surface area contributed by atoms with E-state index in [0.29, 0.717) is 40.7 Å². The fraction of sp³-hybridized carbons (Fsp3) is 0.462. The highest BCUT2D eigenvalue weighted by molar-refractivity contribution is 6.09. The molecule has 2 aliphatic rings. The van der Waals surface area contributed by atoms with E-state index in [0.717, 1.165) is 12.8 Å². The smallest absolute Gasteiger partial charge is 0.263 e. The number of halogens is 3. The van der Waals surface area contributed by atoms with Crippen LogP contribution >= 0.6 is 0 Å². The summed E-state index contributed by atoms with van der Waals surface area (Å²) < 4.78 is 47.7. The minimum absolute atomic E-state index is 0.0139. The number of aromatic amines is 1. The lowest BCUT2D eigenvalue weighted by Crippen LogP contribution is -2.40. The molecule has 1 aromatic carbocycles. The maximum absolute atomic E-state index is 14.6. The predicted molar refractivity (Wildman–Crippen MR) is 132 cm³/mol. The Morgan fingerprint density at radius 2 is 2.00 bits per heavy atom. The lowest BCUT2D eigenvalue weighted by atomic mass is 10.0. The van der Waals surface area contributed by atoms with Crippen LogP contribution in [0.4, 0.5) is 13.2 Å². The summed E-state index contributed by atoms with van der Waals surface area (Å²) >= 11 is 0. The number of nitrogens with one attached hydrogen (secondary N) is 3. The van der Waals surface area contributed by atoms with E-state index < -0.39 is 43.1 Å². The summed E-state index contributed by atoms with van der Waals surface area (Å²) in [4.78, 5) is 36.4. The third-order valence-electron chi connectivity index (χ3n) is 6.99. The van der Waals surface area contributed by atoms with Crippen molar-refractivity contribution in [3.63, 3.8) is 0 Å². The number of aliphatic hydroxyl groups excluding tert-OH is 1. The Morgan fingerprint density at radius 3 is 2.71 bits per heavy atom. The molecule has 2 amide bonds. The third-order valence-corrected chi connectivity index (χ3v) is 6.99. The number of nitrogens with zero attached hydrogens (tertiary/aromatic N) is 2. The van der Waals surface area contributed by atoms with Crippen LogP contribution in [-0.2, 0) is 4.79 Å². The molecule has 2 heterocycles. The van der Waals surface area contributed by atoms with E-state index in [1.807, 2.05) is 0 Å². The summed E-state index contributed by atoms with van der Waals surface area (Å²) in [5, 5.41) is 14.1. The predicted octanol–water partition coefficient (Wildman–Crippen LogP) is 3.37. The fourth-order valence-electron chi connectivity index (χ4n) is 4.86. The van der Waals surface area contributed by atoms with Crippen LogP contribution in [0, 0.1) is 12.8 Å². The van der Waals surface area contributed by atoms with Crippen LogP contribution in [0.1, 0.15) is 53.7 Å². The van der Waals surface area contributed by atoms with Crippen molar-refractivity contribution in [3.8, 4) is 17.0 Å². The van der Waals surface area contributed by atoms with Crippen molar-refractivity contribution < 1.29 is 32.6 Å². The molecule has 2 fully saturated rings. The molecule has 2 aromatic heterocycles. The summed E-state index contributed by atoms with van der Waals surface area (Å²) in [6.07, 6.45) is -0.529. The van der Waals surface area contributed by atoms with Gasteiger partial charge >= 0.3 is 0 Å². The molecule has 0 spiro atoms. The maximum Gasteiger partial charge on any atom is 0.263 e. The molecule has 0 aliphatic heterocycles. The number of aryl methyl sites for hydroxylation is 1. The van der Waals surface area contributed by atoms with E-state index >= 15 is 0 Å². The summed E-state index contributed by atoms with van der Waals surface area (Å²) in [7, 11) is 0. The number of hydrogen-bond acceptors (Lipinski definition) is 6. The first kappa shape index (κ1) is 26.0. The topological polar surface area (TPSA) is 129 Å². The minimum Gasteiger partial charge on any atom is -0.493 e. The number of hydrogen-bond donors (Lipinski definition) is 4. The van der Waals surface area contributed by atoms with Crippen molar-refractivity contribution in [2.45, 2.75) is 57.3 Å². The van der Waals surface area contributed by atoms with Gasteiger partial charge in [-0.15, -0.1) is 0 Å². The van der Waals surface area contributed by atoms with Crippen molar-refractivity contribution in [2.75, 3.05) is 13.2 Å². The summed E-state index contributed by atoms with van der Waals surface area (Å²) in [5.74, 6) is -0.326. The summed E-state index contributed by atoms with van der Waals surface area (Å²) in [5.41, 5.74) is 1.73. The third kappa shape index (κ3) is 5.31. The first-order valence-electron chi connectivity index (χ1n) is 12.5. The van der Waals surface area contributed by atoms with E-state index in [2.05, 4.69) is 25.6 Å². The van der Waals surface area contributed by atoms with Crippen LogP contribution in [0.2, 0.25) is 0 Å². The van der Waals surface area contributed by atoms with E-state index in [-0.39, 0.29) is 29.5 Å².